The second kappa shape index (κ2) is 7.79. The summed E-state index contributed by atoms with van der Waals surface area (Å²) in [6, 6.07) is 15.4. The van der Waals surface area contributed by atoms with Crippen LogP contribution in [0.25, 0.3) is 0 Å². The predicted octanol–water partition coefficient (Wildman–Crippen LogP) is 2.94. The highest BCUT2D eigenvalue weighted by atomic mass is 35.5. The van der Waals surface area contributed by atoms with E-state index >= 15 is 0 Å². The van der Waals surface area contributed by atoms with Crippen LogP contribution in [0.15, 0.2) is 48.5 Å². The molecule has 3 N–H and O–H groups in total. The van der Waals surface area contributed by atoms with Gasteiger partial charge >= 0.3 is 0 Å². The summed E-state index contributed by atoms with van der Waals surface area (Å²) in [7, 11) is 0. The first-order valence-corrected chi connectivity index (χ1v) is 8.23. The zero-order valence-corrected chi connectivity index (χ0v) is 13.6. The molecule has 5 heteroatoms. The Balaban J connectivity index is 1.54. The number of β-amino-alcohol motifs (C(OH)–C–C–N with tert-alkyl or cyclic N) is 1. The molecule has 0 saturated carbocycles. The van der Waals surface area contributed by atoms with E-state index in [1.165, 1.54) is 0 Å². The van der Waals surface area contributed by atoms with E-state index in [0.29, 0.717) is 11.6 Å². The smallest absolute Gasteiger partial charge is 0.128 e. The van der Waals surface area contributed by atoms with Gasteiger partial charge in [-0.15, -0.1) is 0 Å². The molecule has 0 amide bonds. The lowest BCUT2D eigenvalue weighted by Crippen LogP contribution is -2.50. The fourth-order valence-corrected chi connectivity index (χ4v) is 2.85. The molecule has 0 radical (unpaired) electrons. The number of ether oxygens (including phenoxy) is 1. The molecule has 1 aliphatic rings. The van der Waals surface area contributed by atoms with Crippen LogP contribution in [0.5, 0.6) is 11.5 Å². The van der Waals surface area contributed by atoms with Crippen LogP contribution < -0.4 is 15.4 Å². The number of aliphatic hydroxyl groups is 1. The average molecular weight is 333 g/mol. The number of nitrogens with one attached hydrogen (secondary N) is 2. The Morgan fingerprint density at radius 2 is 2.00 bits per heavy atom. The fourth-order valence-electron chi connectivity index (χ4n) is 2.67. The quantitative estimate of drug-likeness (QED) is 0.788. The SMILES string of the molecule is O[C@H]1CNCC[C@@H]1NCc1ccc(Oc2cccc(Cl)c2)cc1. The molecular weight excluding hydrogens is 312 g/mol. The first-order valence-electron chi connectivity index (χ1n) is 7.85. The topological polar surface area (TPSA) is 53.5 Å². The molecule has 1 fully saturated rings. The normalized spacial score (nSPS) is 21.1. The van der Waals surface area contributed by atoms with E-state index in [0.717, 1.165) is 36.6 Å². The maximum absolute atomic E-state index is 9.92. The summed E-state index contributed by atoms with van der Waals surface area (Å²) >= 11 is 5.95. The molecule has 1 heterocycles. The highest BCUT2D eigenvalue weighted by Gasteiger charge is 2.21. The molecule has 3 rings (SSSR count). The van der Waals surface area contributed by atoms with Crippen molar-refractivity contribution >= 4 is 11.6 Å². The summed E-state index contributed by atoms with van der Waals surface area (Å²) in [5, 5.41) is 17.2. The van der Waals surface area contributed by atoms with Gasteiger partial charge in [0.1, 0.15) is 11.5 Å². The van der Waals surface area contributed by atoms with Gasteiger partial charge in [-0.3, -0.25) is 0 Å². The first-order chi connectivity index (χ1) is 11.2. The molecule has 2 aromatic rings. The van der Waals surface area contributed by atoms with E-state index in [2.05, 4.69) is 10.6 Å². The van der Waals surface area contributed by atoms with E-state index < -0.39 is 0 Å². The summed E-state index contributed by atoms with van der Waals surface area (Å²) in [6.45, 7) is 2.34. The highest BCUT2D eigenvalue weighted by molar-refractivity contribution is 6.30. The van der Waals surface area contributed by atoms with Gasteiger partial charge in [0.05, 0.1) is 6.10 Å². The third-order valence-corrected chi connectivity index (χ3v) is 4.21. The van der Waals surface area contributed by atoms with Gasteiger partial charge in [-0.25, -0.2) is 0 Å². The van der Waals surface area contributed by atoms with E-state index in [-0.39, 0.29) is 12.1 Å². The molecule has 1 aliphatic heterocycles. The third-order valence-electron chi connectivity index (χ3n) is 3.97. The molecule has 4 nitrogen and oxygen atoms in total. The van der Waals surface area contributed by atoms with Crippen molar-refractivity contribution in [3.63, 3.8) is 0 Å². The van der Waals surface area contributed by atoms with Gasteiger partial charge in [-0.2, -0.15) is 0 Å². The van der Waals surface area contributed by atoms with Crippen molar-refractivity contribution in [2.75, 3.05) is 13.1 Å². The minimum atomic E-state index is -0.325. The Bertz CT molecular complexity index is 633. The second-order valence-corrected chi connectivity index (χ2v) is 6.19. The number of benzene rings is 2. The van der Waals surface area contributed by atoms with E-state index in [4.69, 9.17) is 16.3 Å². The minimum absolute atomic E-state index is 0.152. The summed E-state index contributed by atoms with van der Waals surface area (Å²) in [6.07, 6.45) is 0.617. The zero-order valence-electron chi connectivity index (χ0n) is 12.8. The van der Waals surface area contributed by atoms with Crippen molar-refractivity contribution in [2.24, 2.45) is 0 Å². The van der Waals surface area contributed by atoms with Crippen LogP contribution in [0.2, 0.25) is 5.02 Å². The molecule has 0 aliphatic carbocycles. The molecule has 122 valence electrons. The molecule has 0 spiro atoms. The first kappa shape index (κ1) is 16.3. The third kappa shape index (κ3) is 4.69. The van der Waals surface area contributed by atoms with Gasteiger partial charge in [0.15, 0.2) is 0 Å². The number of piperidine rings is 1. The van der Waals surface area contributed by atoms with E-state index in [1.807, 2.05) is 42.5 Å². The monoisotopic (exact) mass is 332 g/mol. The van der Waals surface area contributed by atoms with Crippen molar-refractivity contribution in [1.29, 1.82) is 0 Å². The van der Waals surface area contributed by atoms with Crippen molar-refractivity contribution < 1.29 is 9.84 Å². The summed E-state index contributed by atoms with van der Waals surface area (Å²) < 4.78 is 5.77. The standard InChI is InChI=1S/C18H21ClN2O2/c19-14-2-1-3-16(10-14)23-15-6-4-13(5-7-15)11-21-17-8-9-20-12-18(17)22/h1-7,10,17-18,20-22H,8-9,11-12H2/t17-,18-/m0/s1. The van der Waals surface area contributed by atoms with Gasteiger partial charge in [0.2, 0.25) is 0 Å². The lowest BCUT2D eigenvalue weighted by molar-refractivity contribution is 0.102. The lowest BCUT2D eigenvalue weighted by atomic mass is 10.0. The summed E-state index contributed by atoms with van der Waals surface area (Å²) in [4.78, 5) is 0. The zero-order chi connectivity index (χ0) is 16.1. The minimum Gasteiger partial charge on any atom is -0.457 e. The van der Waals surface area contributed by atoms with Crippen LogP contribution >= 0.6 is 11.6 Å². The predicted molar refractivity (Wildman–Crippen MR) is 92.1 cm³/mol. The number of halogens is 1. The van der Waals surface area contributed by atoms with Crippen molar-refractivity contribution in [1.82, 2.24) is 10.6 Å². The van der Waals surface area contributed by atoms with Crippen molar-refractivity contribution in [3.05, 3.63) is 59.1 Å². The Morgan fingerprint density at radius 3 is 2.74 bits per heavy atom. The fraction of sp³-hybridized carbons (Fsp3) is 0.333. The van der Waals surface area contributed by atoms with E-state index in [9.17, 15) is 5.11 Å². The van der Waals surface area contributed by atoms with Gasteiger partial charge < -0.3 is 20.5 Å². The van der Waals surface area contributed by atoms with Crippen LogP contribution in [0.1, 0.15) is 12.0 Å². The maximum Gasteiger partial charge on any atom is 0.128 e. The molecular formula is C18H21ClN2O2. The van der Waals surface area contributed by atoms with E-state index in [1.54, 1.807) is 6.07 Å². The van der Waals surface area contributed by atoms with Gasteiger partial charge in [-0.1, -0.05) is 29.8 Å². The maximum atomic E-state index is 9.92. The Morgan fingerprint density at radius 1 is 1.17 bits per heavy atom. The number of rotatable bonds is 5. The Labute approximate surface area is 141 Å². The van der Waals surface area contributed by atoms with Crippen molar-refractivity contribution in [3.8, 4) is 11.5 Å². The molecule has 23 heavy (non-hydrogen) atoms. The molecule has 0 aromatic heterocycles. The van der Waals surface area contributed by atoms with Crippen LogP contribution in [0, 0.1) is 0 Å². The molecule has 2 aromatic carbocycles. The lowest BCUT2D eigenvalue weighted by Gasteiger charge is -2.29. The van der Waals surface area contributed by atoms with Gasteiger partial charge in [0, 0.05) is 24.2 Å². The molecule has 0 bridgehead atoms. The number of hydrogen-bond acceptors (Lipinski definition) is 4. The Kier molecular flexibility index (Phi) is 5.51. The average Bonchev–Trinajstić information content (AvgIpc) is 2.56. The van der Waals surface area contributed by atoms with Gasteiger partial charge in [-0.05, 0) is 48.9 Å². The summed E-state index contributed by atoms with van der Waals surface area (Å²) in [5.41, 5.74) is 1.16. The Hall–Kier alpha value is -1.59. The van der Waals surface area contributed by atoms with Crippen LogP contribution in [-0.4, -0.2) is 30.3 Å². The molecule has 0 unspecified atom stereocenters. The number of aliphatic hydroxyl groups excluding tert-OH is 1. The summed E-state index contributed by atoms with van der Waals surface area (Å²) in [5.74, 6) is 1.50. The second-order valence-electron chi connectivity index (χ2n) is 5.75. The van der Waals surface area contributed by atoms with Crippen LogP contribution in [0.3, 0.4) is 0 Å². The largest absolute Gasteiger partial charge is 0.457 e. The van der Waals surface area contributed by atoms with Gasteiger partial charge in [0.25, 0.3) is 0 Å². The molecule has 1 saturated heterocycles. The highest BCUT2D eigenvalue weighted by Crippen LogP contribution is 2.24. The molecule has 2 atom stereocenters. The van der Waals surface area contributed by atoms with Crippen molar-refractivity contribution in [2.45, 2.75) is 25.1 Å². The van der Waals surface area contributed by atoms with Crippen LogP contribution in [0.4, 0.5) is 0 Å². The van der Waals surface area contributed by atoms with Crippen LogP contribution in [-0.2, 0) is 6.54 Å². The number of hydrogen-bond donors (Lipinski definition) is 3.